The molecule has 0 aromatic rings. The maximum absolute atomic E-state index is 13.0. The Bertz CT molecular complexity index is 357. The van der Waals surface area contributed by atoms with Crippen LogP contribution in [0.2, 0.25) is 0 Å². The quantitative estimate of drug-likeness (QED) is 0.353. The van der Waals surface area contributed by atoms with Gasteiger partial charge in [0.15, 0.2) is 0 Å². The van der Waals surface area contributed by atoms with Crippen molar-refractivity contribution in [2.24, 2.45) is 5.41 Å². The van der Waals surface area contributed by atoms with E-state index in [1.165, 1.54) is 13.8 Å². The molecular formula is C14H22F6O2. The molecule has 0 aromatic carbocycles. The van der Waals surface area contributed by atoms with Crippen LogP contribution in [0.1, 0.15) is 59.8 Å². The largest absolute Gasteiger partial charge is 0.459 e. The van der Waals surface area contributed by atoms with Crippen molar-refractivity contribution in [3.8, 4) is 0 Å². The molecule has 0 radical (unpaired) electrons. The van der Waals surface area contributed by atoms with Gasteiger partial charge in [-0.3, -0.25) is 4.79 Å². The molecule has 0 aliphatic heterocycles. The highest BCUT2D eigenvalue weighted by Crippen LogP contribution is 2.53. The van der Waals surface area contributed by atoms with E-state index < -0.39 is 35.8 Å². The summed E-state index contributed by atoms with van der Waals surface area (Å²) in [5, 5.41) is 0. The molecule has 0 heterocycles. The minimum absolute atomic E-state index is 0.197. The van der Waals surface area contributed by atoms with Crippen molar-refractivity contribution in [2.45, 2.75) is 77.8 Å². The Hall–Kier alpha value is -0.950. The van der Waals surface area contributed by atoms with Crippen LogP contribution in [0.25, 0.3) is 0 Å². The summed E-state index contributed by atoms with van der Waals surface area (Å²) >= 11 is 0. The number of rotatable bonds is 7. The summed E-state index contributed by atoms with van der Waals surface area (Å²) in [6, 6.07) is 0. The molecule has 8 heteroatoms. The van der Waals surface area contributed by atoms with Gasteiger partial charge in [-0.25, -0.2) is 0 Å². The third-order valence-corrected chi connectivity index (χ3v) is 3.60. The molecule has 22 heavy (non-hydrogen) atoms. The lowest BCUT2D eigenvalue weighted by Gasteiger charge is -2.37. The fraction of sp³-hybridized carbons (Fsp3) is 0.929. The minimum atomic E-state index is -5.77. The Labute approximate surface area is 126 Å². The highest BCUT2D eigenvalue weighted by molar-refractivity contribution is 5.79. The minimum Gasteiger partial charge on any atom is -0.459 e. The third-order valence-electron chi connectivity index (χ3n) is 3.60. The summed E-state index contributed by atoms with van der Waals surface area (Å²) in [5.74, 6) is -2.28. The van der Waals surface area contributed by atoms with Gasteiger partial charge < -0.3 is 4.74 Å². The number of hydrogen-bond acceptors (Lipinski definition) is 2. The average Bonchev–Trinajstić information content (AvgIpc) is 2.25. The molecule has 0 N–H and O–H groups in total. The van der Waals surface area contributed by atoms with Crippen LogP contribution in [-0.4, -0.2) is 23.9 Å². The summed E-state index contributed by atoms with van der Waals surface area (Å²) in [5.41, 5.74) is -5.87. The predicted molar refractivity (Wildman–Crippen MR) is 69.1 cm³/mol. The van der Waals surface area contributed by atoms with Crippen molar-refractivity contribution in [3.05, 3.63) is 0 Å². The van der Waals surface area contributed by atoms with Crippen molar-refractivity contribution < 1.29 is 35.9 Å². The number of carbonyl (C=O) groups is 1. The van der Waals surface area contributed by atoms with Gasteiger partial charge in [-0.15, -0.1) is 0 Å². The molecule has 0 amide bonds. The monoisotopic (exact) mass is 336 g/mol. The summed E-state index contributed by atoms with van der Waals surface area (Å²) in [6.07, 6.45) is -10.7. The summed E-state index contributed by atoms with van der Waals surface area (Å²) in [6.45, 7) is 5.20. The first-order valence-electron chi connectivity index (χ1n) is 7.12. The second kappa shape index (κ2) is 7.08. The molecule has 0 saturated heterocycles. The van der Waals surface area contributed by atoms with E-state index in [9.17, 15) is 31.1 Å². The van der Waals surface area contributed by atoms with E-state index in [-0.39, 0.29) is 6.42 Å². The van der Waals surface area contributed by atoms with Gasteiger partial charge in [0.2, 0.25) is 0 Å². The van der Waals surface area contributed by atoms with Crippen LogP contribution in [0.15, 0.2) is 0 Å². The van der Waals surface area contributed by atoms with Gasteiger partial charge >= 0.3 is 18.3 Å². The number of hydrogen-bond donors (Lipinski definition) is 0. The first-order chi connectivity index (χ1) is 9.75. The smallest absolute Gasteiger partial charge is 0.413 e. The zero-order valence-corrected chi connectivity index (χ0v) is 13.1. The Kier molecular flexibility index (Phi) is 6.78. The molecule has 0 rings (SSSR count). The second-order valence-electron chi connectivity index (χ2n) is 5.86. The average molecular weight is 336 g/mol. The number of alkyl halides is 6. The van der Waals surface area contributed by atoms with E-state index in [0.29, 0.717) is 13.3 Å². The molecule has 0 aromatic heterocycles. The van der Waals surface area contributed by atoms with Gasteiger partial charge in [0.1, 0.15) is 5.60 Å². The van der Waals surface area contributed by atoms with Crippen molar-refractivity contribution in [1.82, 2.24) is 0 Å². The van der Waals surface area contributed by atoms with Crippen molar-refractivity contribution >= 4 is 5.97 Å². The van der Waals surface area contributed by atoms with Crippen LogP contribution < -0.4 is 0 Å². The predicted octanol–water partition coefficient (Wildman–Crippen LogP) is 5.41. The van der Waals surface area contributed by atoms with E-state index in [1.54, 1.807) is 0 Å². The topological polar surface area (TPSA) is 26.3 Å². The summed E-state index contributed by atoms with van der Waals surface area (Å²) in [4.78, 5) is 11.8. The Morgan fingerprint density at radius 3 is 1.68 bits per heavy atom. The molecule has 0 unspecified atom stereocenters. The molecule has 0 spiro atoms. The number of halogens is 6. The second-order valence-corrected chi connectivity index (χ2v) is 5.86. The van der Waals surface area contributed by atoms with Gasteiger partial charge in [0.05, 0.1) is 0 Å². The normalized spacial score (nSPS) is 14.1. The van der Waals surface area contributed by atoms with Crippen LogP contribution in [0.3, 0.4) is 0 Å². The van der Waals surface area contributed by atoms with Crippen LogP contribution >= 0.6 is 0 Å². The maximum Gasteiger partial charge on any atom is 0.413 e. The zero-order chi connectivity index (χ0) is 17.8. The molecule has 0 saturated carbocycles. The number of esters is 1. The first kappa shape index (κ1) is 21.0. The first-order valence-corrected chi connectivity index (χ1v) is 7.12. The third kappa shape index (κ3) is 4.52. The standard InChI is InChI=1S/C14H22F6O2/c1-5-7-8-9-11(3,4)22-10(21)12(6-2,13(15,16)17)14(18,19)20/h5-9H2,1-4H3. The van der Waals surface area contributed by atoms with Crippen molar-refractivity contribution in [1.29, 1.82) is 0 Å². The van der Waals surface area contributed by atoms with Crippen LogP contribution in [0.5, 0.6) is 0 Å². The molecule has 0 atom stereocenters. The molecular weight excluding hydrogens is 314 g/mol. The van der Waals surface area contributed by atoms with E-state index in [1.807, 2.05) is 6.92 Å². The highest BCUT2D eigenvalue weighted by atomic mass is 19.4. The van der Waals surface area contributed by atoms with Crippen LogP contribution in [0, 0.1) is 5.41 Å². The lowest BCUT2D eigenvalue weighted by atomic mass is 9.83. The number of ether oxygens (including phenoxy) is 1. The summed E-state index contributed by atoms with van der Waals surface area (Å²) < 4.78 is 82.5. The maximum atomic E-state index is 13.0. The van der Waals surface area contributed by atoms with E-state index in [0.717, 1.165) is 12.8 Å². The van der Waals surface area contributed by atoms with Crippen LogP contribution in [-0.2, 0) is 9.53 Å². The molecule has 0 bridgehead atoms. The van der Waals surface area contributed by atoms with Crippen molar-refractivity contribution in [3.63, 3.8) is 0 Å². The highest BCUT2D eigenvalue weighted by Gasteiger charge is 2.75. The van der Waals surface area contributed by atoms with E-state index >= 15 is 0 Å². The number of unbranched alkanes of at least 4 members (excludes halogenated alkanes) is 2. The van der Waals surface area contributed by atoms with Gasteiger partial charge in [0, 0.05) is 0 Å². The van der Waals surface area contributed by atoms with Gasteiger partial charge in [-0.2, -0.15) is 26.3 Å². The summed E-state index contributed by atoms with van der Waals surface area (Å²) in [7, 11) is 0. The van der Waals surface area contributed by atoms with Crippen LogP contribution in [0.4, 0.5) is 26.3 Å². The Morgan fingerprint density at radius 2 is 1.36 bits per heavy atom. The lowest BCUT2D eigenvalue weighted by Crippen LogP contribution is -2.57. The molecule has 0 fully saturated rings. The number of carbonyl (C=O) groups excluding carboxylic acids is 1. The Morgan fingerprint density at radius 1 is 0.909 bits per heavy atom. The van der Waals surface area contributed by atoms with Crippen molar-refractivity contribution in [2.75, 3.05) is 0 Å². The Balaban J connectivity index is 5.41. The molecule has 132 valence electrons. The van der Waals surface area contributed by atoms with E-state index in [4.69, 9.17) is 0 Å². The molecule has 0 aliphatic carbocycles. The van der Waals surface area contributed by atoms with Gasteiger partial charge in [-0.05, 0) is 33.1 Å². The fourth-order valence-corrected chi connectivity index (χ4v) is 2.13. The zero-order valence-electron chi connectivity index (χ0n) is 13.1. The SMILES string of the molecule is CCCCCC(C)(C)OC(=O)C(CC)(C(F)(F)F)C(F)(F)F. The lowest BCUT2D eigenvalue weighted by molar-refractivity contribution is -0.335. The van der Waals surface area contributed by atoms with E-state index in [2.05, 4.69) is 4.74 Å². The molecule has 0 aliphatic rings. The van der Waals surface area contributed by atoms with Gasteiger partial charge in [-0.1, -0.05) is 26.7 Å². The fourth-order valence-electron chi connectivity index (χ4n) is 2.13. The molecule has 2 nitrogen and oxygen atoms in total. The van der Waals surface area contributed by atoms with Gasteiger partial charge in [0.25, 0.3) is 5.41 Å².